The van der Waals surface area contributed by atoms with Crippen LogP contribution in [0.25, 0.3) is 0 Å². The standard InChI is InChI=1S/C16H16BrClN2O4S/c1-20(2)16(21)10-4-6-12(18)13(8-10)19-25(22,23)15-9-11(17)5-7-14(15)24-3/h4-9,19H,1-3H3. The van der Waals surface area contributed by atoms with Gasteiger partial charge in [0.05, 0.1) is 17.8 Å². The van der Waals surface area contributed by atoms with E-state index in [9.17, 15) is 13.2 Å². The molecule has 0 spiro atoms. The number of carbonyl (C=O) groups is 1. The van der Waals surface area contributed by atoms with Crippen LogP contribution >= 0.6 is 27.5 Å². The number of carbonyl (C=O) groups excluding carboxylic acids is 1. The van der Waals surface area contributed by atoms with E-state index in [2.05, 4.69) is 20.7 Å². The smallest absolute Gasteiger partial charge is 0.265 e. The monoisotopic (exact) mass is 446 g/mol. The lowest BCUT2D eigenvalue weighted by molar-refractivity contribution is 0.0827. The van der Waals surface area contributed by atoms with E-state index in [0.717, 1.165) is 0 Å². The molecule has 1 N–H and O–H groups in total. The van der Waals surface area contributed by atoms with Gasteiger partial charge in [0.1, 0.15) is 10.6 Å². The van der Waals surface area contributed by atoms with Gasteiger partial charge in [-0.3, -0.25) is 9.52 Å². The first-order chi connectivity index (χ1) is 11.7. The van der Waals surface area contributed by atoms with Crippen LogP contribution in [0.5, 0.6) is 5.75 Å². The third-order valence-electron chi connectivity index (χ3n) is 3.28. The molecule has 0 atom stereocenters. The number of hydrogen-bond acceptors (Lipinski definition) is 4. The molecule has 0 fully saturated rings. The van der Waals surface area contributed by atoms with E-state index in [1.54, 1.807) is 20.2 Å². The molecular weight excluding hydrogens is 432 g/mol. The number of benzene rings is 2. The average Bonchev–Trinajstić information content (AvgIpc) is 2.56. The van der Waals surface area contributed by atoms with Crippen molar-refractivity contribution in [3.8, 4) is 5.75 Å². The van der Waals surface area contributed by atoms with Crippen molar-refractivity contribution in [1.29, 1.82) is 0 Å². The fourth-order valence-electron chi connectivity index (χ4n) is 2.06. The van der Waals surface area contributed by atoms with E-state index in [-0.39, 0.29) is 27.3 Å². The van der Waals surface area contributed by atoms with Crippen LogP contribution in [0.4, 0.5) is 5.69 Å². The average molecular weight is 448 g/mol. The van der Waals surface area contributed by atoms with Crippen molar-refractivity contribution in [3.05, 3.63) is 51.5 Å². The van der Waals surface area contributed by atoms with Gasteiger partial charge in [0.15, 0.2) is 0 Å². The van der Waals surface area contributed by atoms with E-state index in [1.165, 1.54) is 42.3 Å². The van der Waals surface area contributed by atoms with Crippen molar-refractivity contribution in [2.24, 2.45) is 0 Å². The first kappa shape index (κ1) is 19.6. The van der Waals surface area contributed by atoms with Gasteiger partial charge in [-0.1, -0.05) is 27.5 Å². The highest BCUT2D eigenvalue weighted by Crippen LogP contribution is 2.31. The van der Waals surface area contributed by atoms with Gasteiger partial charge in [0, 0.05) is 24.1 Å². The maximum atomic E-state index is 12.7. The number of sulfonamides is 1. The van der Waals surface area contributed by atoms with Gasteiger partial charge in [0.25, 0.3) is 15.9 Å². The van der Waals surface area contributed by atoms with Gasteiger partial charge in [0.2, 0.25) is 0 Å². The van der Waals surface area contributed by atoms with E-state index >= 15 is 0 Å². The fraction of sp³-hybridized carbons (Fsp3) is 0.188. The molecule has 9 heteroatoms. The summed E-state index contributed by atoms with van der Waals surface area (Å²) in [7, 11) is 0.611. The number of hydrogen-bond donors (Lipinski definition) is 1. The number of halogens is 2. The number of methoxy groups -OCH3 is 1. The fourth-order valence-corrected chi connectivity index (χ4v) is 4.06. The SMILES string of the molecule is COc1ccc(Br)cc1S(=O)(=O)Nc1cc(C(=O)N(C)C)ccc1Cl. The van der Waals surface area contributed by atoms with E-state index in [1.807, 2.05) is 0 Å². The van der Waals surface area contributed by atoms with Gasteiger partial charge in [-0.2, -0.15) is 0 Å². The maximum absolute atomic E-state index is 12.7. The lowest BCUT2D eigenvalue weighted by Gasteiger charge is -2.15. The van der Waals surface area contributed by atoms with Crippen LogP contribution in [0.15, 0.2) is 45.8 Å². The molecule has 0 unspecified atom stereocenters. The van der Waals surface area contributed by atoms with Gasteiger partial charge in [-0.15, -0.1) is 0 Å². The lowest BCUT2D eigenvalue weighted by Crippen LogP contribution is -2.22. The number of nitrogens with zero attached hydrogens (tertiary/aromatic N) is 1. The summed E-state index contributed by atoms with van der Waals surface area (Å²) in [5, 5.41) is 0.174. The molecule has 0 aliphatic carbocycles. The molecule has 2 aromatic carbocycles. The van der Waals surface area contributed by atoms with Crippen molar-refractivity contribution in [2.75, 3.05) is 25.9 Å². The summed E-state index contributed by atoms with van der Waals surface area (Å²) in [5.74, 6) is -0.0792. The first-order valence-electron chi connectivity index (χ1n) is 7.03. The second kappa shape index (κ2) is 7.63. The van der Waals surface area contributed by atoms with Gasteiger partial charge >= 0.3 is 0 Å². The van der Waals surface area contributed by atoms with Crippen LogP contribution in [-0.4, -0.2) is 40.4 Å². The highest BCUT2D eigenvalue weighted by Gasteiger charge is 2.22. The Labute approximate surface area is 159 Å². The summed E-state index contributed by atoms with van der Waals surface area (Å²) in [6.45, 7) is 0. The number of rotatable bonds is 5. The van der Waals surface area contributed by atoms with Crippen LogP contribution < -0.4 is 9.46 Å². The number of nitrogens with one attached hydrogen (secondary N) is 1. The minimum Gasteiger partial charge on any atom is -0.495 e. The van der Waals surface area contributed by atoms with Gasteiger partial charge in [-0.25, -0.2) is 8.42 Å². The zero-order valence-electron chi connectivity index (χ0n) is 13.7. The van der Waals surface area contributed by atoms with Gasteiger partial charge in [-0.05, 0) is 36.4 Å². The second-order valence-electron chi connectivity index (χ2n) is 5.29. The molecule has 0 saturated carbocycles. The van der Waals surface area contributed by atoms with Crippen molar-refractivity contribution in [1.82, 2.24) is 4.90 Å². The Morgan fingerprint density at radius 1 is 1.20 bits per heavy atom. The molecule has 1 amide bonds. The zero-order chi connectivity index (χ0) is 18.8. The third-order valence-corrected chi connectivity index (χ3v) is 5.49. The van der Waals surface area contributed by atoms with Gasteiger partial charge < -0.3 is 9.64 Å². The summed E-state index contributed by atoms with van der Waals surface area (Å²) in [6, 6.07) is 9.01. The largest absolute Gasteiger partial charge is 0.495 e. The highest BCUT2D eigenvalue weighted by atomic mass is 79.9. The van der Waals surface area contributed by atoms with E-state index < -0.39 is 10.0 Å². The molecule has 0 radical (unpaired) electrons. The Morgan fingerprint density at radius 2 is 1.88 bits per heavy atom. The first-order valence-corrected chi connectivity index (χ1v) is 9.68. The van der Waals surface area contributed by atoms with Crippen LogP contribution in [0.1, 0.15) is 10.4 Å². The number of ether oxygens (including phenoxy) is 1. The molecular formula is C16H16BrClN2O4S. The van der Waals surface area contributed by atoms with Crippen LogP contribution in [0.3, 0.4) is 0 Å². The Kier molecular flexibility index (Phi) is 5.97. The molecule has 0 aliphatic rings. The van der Waals surface area contributed by atoms with Crippen LogP contribution in [-0.2, 0) is 10.0 Å². The summed E-state index contributed by atoms with van der Waals surface area (Å²) in [5.41, 5.74) is 0.421. The molecule has 134 valence electrons. The van der Waals surface area contributed by atoms with Crippen LogP contribution in [0.2, 0.25) is 5.02 Å². The molecule has 0 aromatic heterocycles. The third kappa shape index (κ3) is 4.45. The highest BCUT2D eigenvalue weighted by molar-refractivity contribution is 9.10. The molecule has 0 bridgehead atoms. The lowest BCUT2D eigenvalue weighted by atomic mass is 10.2. The van der Waals surface area contributed by atoms with Crippen molar-refractivity contribution in [3.63, 3.8) is 0 Å². The predicted molar refractivity (Wildman–Crippen MR) is 101 cm³/mol. The number of amides is 1. The molecule has 25 heavy (non-hydrogen) atoms. The predicted octanol–water partition coefficient (Wildman–Crippen LogP) is 3.61. The van der Waals surface area contributed by atoms with Crippen molar-refractivity contribution >= 4 is 49.1 Å². The minimum absolute atomic E-state index is 0.0511. The van der Waals surface area contributed by atoms with E-state index in [4.69, 9.17) is 16.3 Å². The molecule has 0 aliphatic heterocycles. The Bertz CT molecular complexity index is 916. The minimum atomic E-state index is -3.98. The van der Waals surface area contributed by atoms with Crippen LogP contribution in [0, 0.1) is 0 Å². The molecule has 0 saturated heterocycles. The Balaban J connectivity index is 2.46. The summed E-state index contributed by atoms with van der Waals surface area (Å²) in [6.07, 6.45) is 0. The second-order valence-corrected chi connectivity index (χ2v) is 8.27. The maximum Gasteiger partial charge on any atom is 0.265 e. The summed E-state index contributed by atoms with van der Waals surface area (Å²) in [4.78, 5) is 13.4. The Hall–Kier alpha value is -1.77. The van der Waals surface area contributed by atoms with E-state index in [0.29, 0.717) is 10.0 Å². The summed E-state index contributed by atoms with van der Waals surface area (Å²) >= 11 is 9.33. The molecule has 6 nitrogen and oxygen atoms in total. The Morgan fingerprint density at radius 3 is 2.48 bits per heavy atom. The van der Waals surface area contributed by atoms with Crippen molar-refractivity contribution < 1.29 is 17.9 Å². The quantitative estimate of drug-likeness (QED) is 0.760. The van der Waals surface area contributed by atoms with Crippen molar-refractivity contribution in [2.45, 2.75) is 4.90 Å². The molecule has 2 rings (SSSR count). The zero-order valence-corrected chi connectivity index (χ0v) is 16.9. The molecule has 0 heterocycles. The number of anilines is 1. The summed E-state index contributed by atoms with van der Waals surface area (Å²) < 4.78 is 33.6. The topological polar surface area (TPSA) is 75.7 Å². The molecule has 2 aromatic rings. The normalized spacial score (nSPS) is 11.1.